The maximum Gasteiger partial charge on any atom is 0.236 e. The first-order valence-corrected chi connectivity index (χ1v) is 7.67. The van der Waals surface area contributed by atoms with Gasteiger partial charge in [0.2, 0.25) is 5.91 Å². The van der Waals surface area contributed by atoms with Crippen LogP contribution in [0.25, 0.3) is 0 Å². The number of nitrogens with zero attached hydrogens (tertiary/aromatic N) is 1. The van der Waals surface area contributed by atoms with E-state index in [0.717, 1.165) is 30.5 Å². The number of benzene rings is 1. The summed E-state index contributed by atoms with van der Waals surface area (Å²) in [6, 6.07) is 10.00. The number of piperidine rings is 1. The van der Waals surface area contributed by atoms with E-state index in [1.165, 1.54) is 0 Å². The molecule has 1 fully saturated rings. The number of ketones is 1. The first kappa shape index (κ1) is 14.1. The zero-order chi connectivity index (χ0) is 14.9. The second kappa shape index (κ2) is 5.47. The van der Waals surface area contributed by atoms with E-state index >= 15 is 0 Å². The van der Waals surface area contributed by atoms with Crippen LogP contribution in [0.2, 0.25) is 0 Å². The van der Waals surface area contributed by atoms with Gasteiger partial charge in [0.05, 0.1) is 0 Å². The van der Waals surface area contributed by atoms with Gasteiger partial charge in [-0.1, -0.05) is 35.9 Å². The Hall–Kier alpha value is -1.90. The summed E-state index contributed by atoms with van der Waals surface area (Å²) < 4.78 is 0. The van der Waals surface area contributed by atoms with E-state index in [1.54, 1.807) is 6.08 Å². The van der Waals surface area contributed by atoms with Crippen LogP contribution >= 0.6 is 0 Å². The van der Waals surface area contributed by atoms with Gasteiger partial charge in [-0.2, -0.15) is 0 Å². The van der Waals surface area contributed by atoms with Crippen LogP contribution in [0.5, 0.6) is 0 Å². The molecule has 1 aromatic carbocycles. The minimum atomic E-state index is -0.771. The highest BCUT2D eigenvalue weighted by Crippen LogP contribution is 2.41. The molecule has 0 saturated carbocycles. The van der Waals surface area contributed by atoms with Gasteiger partial charge in [0.1, 0.15) is 5.41 Å². The molecule has 21 heavy (non-hydrogen) atoms. The molecular formula is C18H21NO2. The summed E-state index contributed by atoms with van der Waals surface area (Å²) in [5, 5.41) is 0. The second-order valence-electron chi connectivity index (χ2n) is 6.25. The summed E-state index contributed by atoms with van der Waals surface area (Å²) >= 11 is 0. The summed E-state index contributed by atoms with van der Waals surface area (Å²) in [5.74, 6) is 0.0559. The lowest BCUT2D eigenvalue weighted by molar-refractivity contribution is -0.153. The highest BCUT2D eigenvalue weighted by molar-refractivity contribution is 6.12. The topological polar surface area (TPSA) is 37.4 Å². The minimum Gasteiger partial charge on any atom is -0.337 e. The third-order valence-corrected chi connectivity index (χ3v) is 4.74. The van der Waals surface area contributed by atoms with Crippen molar-refractivity contribution >= 4 is 11.7 Å². The van der Waals surface area contributed by atoms with Crippen molar-refractivity contribution < 1.29 is 9.59 Å². The van der Waals surface area contributed by atoms with Gasteiger partial charge in [-0.3, -0.25) is 9.59 Å². The summed E-state index contributed by atoms with van der Waals surface area (Å²) in [7, 11) is 0. The summed E-state index contributed by atoms with van der Waals surface area (Å²) in [4.78, 5) is 27.2. The molecule has 1 aromatic rings. The van der Waals surface area contributed by atoms with E-state index in [9.17, 15) is 9.59 Å². The number of carbonyl (C=O) groups is 2. The fourth-order valence-corrected chi connectivity index (χ4v) is 3.47. The predicted octanol–water partition coefficient (Wildman–Crippen LogP) is 3.10. The first-order chi connectivity index (χ1) is 10.1. The van der Waals surface area contributed by atoms with Gasteiger partial charge < -0.3 is 4.90 Å². The number of hydrogen-bond donors (Lipinski definition) is 0. The monoisotopic (exact) mass is 283 g/mol. The number of carbonyl (C=O) groups excluding carboxylic acids is 2. The standard InChI is InChI=1S/C18H21NO2/c1-14-8-10-18(16(20)12-14)9-5-11-19(17(18)21)13-15-6-3-2-4-7-15/h2-4,6-7,12H,5,8-11,13H2,1H3/t18-/m1/s1. The van der Waals surface area contributed by atoms with Gasteiger partial charge in [0, 0.05) is 13.1 Å². The van der Waals surface area contributed by atoms with E-state index in [4.69, 9.17) is 0 Å². The quantitative estimate of drug-likeness (QED) is 0.782. The molecular weight excluding hydrogens is 262 g/mol. The van der Waals surface area contributed by atoms with E-state index in [-0.39, 0.29) is 11.7 Å². The molecule has 0 bridgehead atoms. The average molecular weight is 283 g/mol. The zero-order valence-corrected chi connectivity index (χ0v) is 12.5. The molecule has 0 unspecified atom stereocenters. The van der Waals surface area contributed by atoms with Gasteiger partial charge in [-0.25, -0.2) is 0 Å². The molecule has 1 aliphatic heterocycles. The highest BCUT2D eigenvalue weighted by Gasteiger charge is 2.49. The molecule has 110 valence electrons. The number of amides is 1. The normalized spacial score (nSPS) is 26.1. The van der Waals surface area contributed by atoms with Crippen LogP contribution < -0.4 is 0 Å². The lowest BCUT2D eigenvalue weighted by Crippen LogP contribution is -2.52. The van der Waals surface area contributed by atoms with Crippen LogP contribution in [0.4, 0.5) is 0 Å². The minimum absolute atomic E-state index is 0.0222. The average Bonchev–Trinajstić information content (AvgIpc) is 2.48. The lowest BCUT2D eigenvalue weighted by Gasteiger charge is -2.42. The molecule has 1 saturated heterocycles. The Labute approximate surface area is 125 Å². The van der Waals surface area contributed by atoms with E-state index in [0.29, 0.717) is 19.4 Å². The third kappa shape index (κ3) is 2.53. The molecule has 1 heterocycles. The summed E-state index contributed by atoms with van der Waals surface area (Å²) in [6.45, 7) is 3.34. The van der Waals surface area contributed by atoms with Crippen LogP contribution in [0.1, 0.15) is 38.2 Å². The molecule has 1 atom stereocenters. The molecule has 3 rings (SSSR count). The Kier molecular flexibility index (Phi) is 3.66. The smallest absolute Gasteiger partial charge is 0.236 e. The fraction of sp³-hybridized carbons (Fsp3) is 0.444. The van der Waals surface area contributed by atoms with Crippen molar-refractivity contribution in [3.8, 4) is 0 Å². The van der Waals surface area contributed by atoms with Crippen molar-refractivity contribution in [2.75, 3.05) is 6.54 Å². The molecule has 0 N–H and O–H groups in total. The Morgan fingerprint density at radius 2 is 1.90 bits per heavy atom. The third-order valence-electron chi connectivity index (χ3n) is 4.74. The van der Waals surface area contributed by atoms with Gasteiger partial charge in [-0.15, -0.1) is 0 Å². The van der Waals surface area contributed by atoms with Gasteiger partial charge >= 0.3 is 0 Å². The highest BCUT2D eigenvalue weighted by atomic mass is 16.2. The largest absolute Gasteiger partial charge is 0.337 e. The van der Waals surface area contributed by atoms with Crippen LogP contribution in [0.15, 0.2) is 42.0 Å². The number of hydrogen-bond acceptors (Lipinski definition) is 2. The molecule has 0 radical (unpaired) electrons. The van der Waals surface area contributed by atoms with E-state index in [1.807, 2.05) is 42.2 Å². The van der Waals surface area contributed by atoms with Crippen molar-refractivity contribution in [3.63, 3.8) is 0 Å². The van der Waals surface area contributed by atoms with Gasteiger partial charge in [0.15, 0.2) is 5.78 Å². The van der Waals surface area contributed by atoms with Gasteiger partial charge in [-0.05, 0) is 44.2 Å². The molecule has 1 aliphatic carbocycles. The van der Waals surface area contributed by atoms with Crippen LogP contribution in [-0.4, -0.2) is 23.1 Å². The lowest BCUT2D eigenvalue weighted by atomic mass is 9.68. The van der Waals surface area contributed by atoms with E-state index in [2.05, 4.69) is 0 Å². The van der Waals surface area contributed by atoms with E-state index < -0.39 is 5.41 Å². The van der Waals surface area contributed by atoms with Crippen molar-refractivity contribution in [1.82, 2.24) is 4.90 Å². The molecule has 3 nitrogen and oxygen atoms in total. The Balaban J connectivity index is 1.83. The molecule has 1 amide bonds. The molecule has 0 aromatic heterocycles. The van der Waals surface area contributed by atoms with Crippen molar-refractivity contribution in [1.29, 1.82) is 0 Å². The van der Waals surface area contributed by atoms with Gasteiger partial charge in [0.25, 0.3) is 0 Å². The number of likely N-dealkylation sites (tertiary alicyclic amines) is 1. The summed E-state index contributed by atoms with van der Waals surface area (Å²) in [5.41, 5.74) is 1.45. The van der Waals surface area contributed by atoms with Crippen LogP contribution in [-0.2, 0) is 16.1 Å². The molecule has 3 heteroatoms. The maximum atomic E-state index is 12.9. The Morgan fingerprint density at radius 3 is 2.62 bits per heavy atom. The van der Waals surface area contributed by atoms with Crippen LogP contribution in [0, 0.1) is 5.41 Å². The van der Waals surface area contributed by atoms with Crippen LogP contribution in [0.3, 0.4) is 0 Å². The first-order valence-electron chi connectivity index (χ1n) is 7.67. The predicted molar refractivity (Wildman–Crippen MR) is 81.5 cm³/mol. The SMILES string of the molecule is CC1=CC(=O)[C@@]2(CCCN(Cc3ccccc3)C2=O)CC1. The molecule has 1 spiro atoms. The second-order valence-corrected chi connectivity index (χ2v) is 6.25. The van der Waals surface area contributed by atoms with Crippen molar-refractivity contribution in [2.24, 2.45) is 5.41 Å². The number of allylic oxidation sites excluding steroid dienone is 2. The molecule has 2 aliphatic rings. The fourth-order valence-electron chi connectivity index (χ4n) is 3.47. The maximum absolute atomic E-state index is 12.9. The zero-order valence-electron chi connectivity index (χ0n) is 12.5. The Bertz CT molecular complexity index is 590. The van der Waals surface area contributed by atoms with Crippen molar-refractivity contribution in [2.45, 2.75) is 39.2 Å². The number of rotatable bonds is 2. The summed E-state index contributed by atoms with van der Waals surface area (Å²) in [6.07, 6.45) is 4.85. The van der Waals surface area contributed by atoms with Crippen molar-refractivity contribution in [3.05, 3.63) is 47.5 Å². The Morgan fingerprint density at radius 1 is 1.14 bits per heavy atom.